The van der Waals surface area contributed by atoms with Crippen molar-refractivity contribution in [2.75, 3.05) is 13.2 Å². The SMILES string of the molecule is CC1(C)OCCNC1CC1CCCCC1. The van der Waals surface area contributed by atoms with Crippen LogP contribution in [0.2, 0.25) is 0 Å². The van der Waals surface area contributed by atoms with Gasteiger partial charge in [-0.05, 0) is 26.2 Å². The molecule has 0 radical (unpaired) electrons. The molecule has 0 aromatic carbocycles. The number of morpholine rings is 1. The lowest BCUT2D eigenvalue weighted by Crippen LogP contribution is -2.55. The Hall–Kier alpha value is -0.0800. The van der Waals surface area contributed by atoms with E-state index >= 15 is 0 Å². The Kier molecular flexibility index (Phi) is 3.68. The maximum absolute atomic E-state index is 5.86. The van der Waals surface area contributed by atoms with Crippen LogP contribution in [0.4, 0.5) is 0 Å². The van der Waals surface area contributed by atoms with Crippen molar-refractivity contribution in [1.29, 1.82) is 0 Å². The molecule has 88 valence electrons. The van der Waals surface area contributed by atoms with E-state index in [1.165, 1.54) is 38.5 Å². The minimum Gasteiger partial charge on any atom is -0.373 e. The zero-order valence-electron chi connectivity index (χ0n) is 10.2. The van der Waals surface area contributed by atoms with Crippen molar-refractivity contribution in [2.24, 2.45) is 5.92 Å². The van der Waals surface area contributed by atoms with Crippen LogP contribution in [0.1, 0.15) is 52.4 Å². The summed E-state index contributed by atoms with van der Waals surface area (Å²) in [7, 11) is 0. The average Bonchev–Trinajstić information content (AvgIpc) is 2.23. The van der Waals surface area contributed by atoms with E-state index in [2.05, 4.69) is 19.2 Å². The molecule has 2 rings (SSSR count). The van der Waals surface area contributed by atoms with Gasteiger partial charge in [0.15, 0.2) is 0 Å². The summed E-state index contributed by atoms with van der Waals surface area (Å²) in [6, 6.07) is 0.564. The third kappa shape index (κ3) is 2.94. The average molecular weight is 211 g/mol. The highest BCUT2D eigenvalue weighted by molar-refractivity contribution is 4.90. The Balaban J connectivity index is 1.85. The van der Waals surface area contributed by atoms with E-state index < -0.39 is 0 Å². The molecule has 0 aromatic rings. The Morgan fingerprint density at radius 3 is 2.60 bits per heavy atom. The van der Waals surface area contributed by atoms with Gasteiger partial charge in [0.1, 0.15) is 0 Å². The Bertz CT molecular complexity index is 197. The van der Waals surface area contributed by atoms with Crippen LogP contribution in [0.3, 0.4) is 0 Å². The van der Waals surface area contributed by atoms with Gasteiger partial charge in [-0.25, -0.2) is 0 Å². The van der Waals surface area contributed by atoms with Crippen LogP contribution in [0, 0.1) is 5.92 Å². The number of nitrogens with one attached hydrogen (secondary N) is 1. The minimum atomic E-state index is 0.0374. The molecule has 1 atom stereocenters. The molecule has 2 aliphatic rings. The Morgan fingerprint density at radius 2 is 1.93 bits per heavy atom. The molecule has 2 fully saturated rings. The first-order valence-corrected chi connectivity index (χ1v) is 6.56. The van der Waals surface area contributed by atoms with Gasteiger partial charge in [-0.2, -0.15) is 0 Å². The minimum absolute atomic E-state index is 0.0374. The predicted molar refractivity (Wildman–Crippen MR) is 63.0 cm³/mol. The van der Waals surface area contributed by atoms with Crippen LogP contribution in [0.5, 0.6) is 0 Å². The van der Waals surface area contributed by atoms with E-state index in [4.69, 9.17) is 4.74 Å². The Morgan fingerprint density at radius 1 is 1.20 bits per heavy atom. The Labute approximate surface area is 93.8 Å². The van der Waals surface area contributed by atoms with E-state index in [0.717, 1.165) is 19.1 Å². The highest BCUT2D eigenvalue weighted by Gasteiger charge is 2.34. The van der Waals surface area contributed by atoms with Crippen molar-refractivity contribution in [1.82, 2.24) is 5.32 Å². The molecule has 2 nitrogen and oxygen atoms in total. The fourth-order valence-electron chi connectivity index (χ4n) is 3.02. The molecule has 1 N–H and O–H groups in total. The van der Waals surface area contributed by atoms with Gasteiger partial charge in [-0.3, -0.25) is 0 Å². The highest BCUT2D eigenvalue weighted by atomic mass is 16.5. The molecule has 1 aliphatic carbocycles. The highest BCUT2D eigenvalue weighted by Crippen LogP contribution is 2.31. The normalized spacial score (nSPS) is 32.8. The molecular weight excluding hydrogens is 186 g/mol. The first-order chi connectivity index (χ1) is 7.18. The summed E-state index contributed by atoms with van der Waals surface area (Å²) >= 11 is 0. The quantitative estimate of drug-likeness (QED) is 0.758. The molecule has 1 saturated carbocycles. The lowest BCUT2D eigenvalue weighted by molar-refractivity contribution is -0.0771. The van der Waals surface area contributed by atoms with Crippen molar-refractivity contribution < 1.29 is 4.74 Å². The van der Waals surface area contributed by atoms with Crippen molar-refractivity contribution >= 4 is 0 Å². The fourth-order valence-corrected chi connectivity index (χ4v) is 3.02. The fraction of sp³-hybridized carbons (Fsp3) is 1.00. The molecule has 1 aliphatic heterocycles. The summed E-state index contributed by atoms with van der Waals surface area (Å²) in [6.07, 6.45) is 8.53. The summed E-state index contributed by atoms with van der Waals surface area (Å²) in [6.45, 7) is 6.36. The summed E-state index contributed by atoms with van der Waals surface area (Å²) in [4.78, 5) is 0. The molecule has 1 heterocycles. The zero-order valence-corrected chi connectivity index (χ0v) is 10.2. The van der Waals surface area contributed by atoms with Crippen molar-refractivity contribution in [3.05, 3.63) is 0 Å². The molecule has 1 unspecified atom stereocenters. The van der Waals surface area contributed by atoms with Crippen LogP contribution >= 0.6 is 0 Å². The second kappa shape index (κ2) is 4.84. The van der Waals surface area contributed by atoms with Gasteiger partial charge in [-0.15, -0.1) is 0 Å². The van der Waals surface area contributed by atoms with Crippen LogP contribution in [0.15, 0.2) is 0 Å². The number of rotatable bonds is 2. The zero-order chi connectivity index (χ0) is 10.7. The maximum Gasteiger partial charge on any atom is 0.0779 e. The van der Waals surface area contributed by atoms with E-state index in [9.17, 15) is 0 Å². The second-order valence-corrected chi connectivity index (χ2v) is 5.70. The standard InChI is InChI=1S/C13H25NO/c1-13(2)12(14-8-9-15-13)10-11-6-4-3-5-7-11/h11-12,14H,3-10H2,1-2H3. The third-order valence-electron chi connectivity index (χ3n) is 4.10. The van der Waals surface area contributed by atoms with Gasteiger partial charge in [0.25, 0.3) is 0 Å². The van der Waals surface area contributed by atoms with E-state index in [0.29, 0.717) is 6.04 Å². The molecule has 0 spiro atoms. The van der Waals surface area contributed by atoms with E-state index in [-0.39, 0.29) is 5.60 Å². The van der Waals surface area contributed by atoms with Gasteiger partial charge < -0.3 is 10.1 Å². The van der Waals surface area contributed by atoms with Crippen LogP contribution in [0.25, 0.3) is 0 Å². The second-order valence-electron chi connectivity index (χ2n) is 5.70. The van der Waals surface area contributed by atoms with E-state index in [1.807, 2.05) is 0 Å². The van der Waals surface area contributed by atoms with Crippen LogP contribution in [-0.2, 0) is 4.74 Å². The summed E-state index contributed by atoms with van der Waals surface area (Å²) < 4.78 is 5.86. The number of ether oxygens (including phenoxy) is 1. The summed E-state index contributed by atoms with van der Waals surface area (Å²) in [5.41, 5.74) is 0.0374. The van der Waals surface area contributed by atoms with Gasteiger partial charge in [0.05, 0.1) is 12.2 Å². The monoisotopic (exact) mass is 211 g/mol. The lowest BCUT2D eigenvalue weighted by Gasteiger charge is -2.41. The number of hydrogen-bond acceptors (Lipinski definition) is 2. The van der Waals surface area contributed by atoms with Crippen molar-refractivity contribution in [2.45, 2.75) is 64.0 Å². The predicted octanol–water partition coefficient (Wildman–Crippen LogP) is 2.72. The van der Waals surface area contributed by atoms with E-state index in [1.54, 1.807) is 0 Å². The van der Waals surface area contributed by atoms with Gasteiger partial charge >= 0.3 is 0 Å². The topological polar surface area (TPSA) is 21.3 Å². The van der Waals surface area contributed by atoms with Crippen molar-refractivity contribution in [3.63, 3.8) is 0 Å². The van der Waals surface area contributed by atoms with Gasteiger partial charge in [-0.1, -0.05) is 32.1 Å². The molecular formula is C13H25NO. The van der Waals surface area contributed by atoms with Crippen LogP contribution < -0.4 is 5.32 Å². The first-order valence-electron chi connectivity index (χ1n) is 6.56. The first kappa shape index (κ1) is 11.4. The van der Waals surface area contributed by atoms with Gasteiger partial charge in [0.2, 0.25) is 0 Å². The molecule has 0 aromatic heterocycles. The van der Waals surface area contributed by atoms with Crippen LogP contribution in [-0.4, -0.2) is 24.8 Å². The molecule has 0 amide bonds. The van der Waals surface area contributed by atoms with Crippen molar-refractivity contribution in [3.8, 4) is 0 Å². The largest absolute Gasteiger partial charge is 0.373 e. The van der Waals surface area contributed by atoms with Gasteiger partial charge in [0, 0.05) is 12.6 Å². The summed E-state index contributed by atoms with van der Waals surface area (Å²) in [5.74, 6) is 0.942. The summed E-state index contributed by atoms with van der Waals surface area (Å²) in [5, 5.41) is 3.63. The molecule has 2 heteroatoms. The smallest absolute Gasteiger partial charge is 0.0779 e. The molecule has 1 saturated heterocycles. The third-order valence-corrected chi connectivity index (χ3v) is 4.10. The maximum atomic E-state index is 5.86. The lowest BCUT2D eigenvalue weighted by atomic mass is 9.81. The molecule has 15 heavy (non-hydrogen) atoms. The number of hydrogen-bond donors (Lipinski definition) is 1. The molecule has 0 bridgehead atoms.